The number of carbonyl (C=O) groups is 3. The Morgan fingerprint density at radius 2 is 1.27 bits per heavy atom. The third-order valence-corrected chi connectivity index (χ3v) is 11.9. The van der Waals surface area contributed by atoms with Crippen molar-refractivity contribution in [3.8, 4) is 22.6 Å². The molecule has 0 bridgehead atoms. The Kier molecular flexibility index (Phi) is 14.5. The number of hydrogen-bond acceptors (Lipinski definition) is 8. The molecule has 0 saturated carbocycles. The van der Waals surface area contributed by atoms with Crippen LogP contribution < -0.4 is 9.47 Å². The monoisotopic (exact) mass is 858 g/mol. The summed E-state index contributed by atoms with van der Waals surface area (Å²) >= 11 is 0. The molecule has 1 unspecified atom stereocenters. The van der Waals surface area contributed by atoms with Crippen LogP contribution in [0.1, 0.15) is 65.5 Å². The van der Waals surface area contributed by atoms with Crippen molar-refractivity contribution in [3.63, 3.8) is 0 Å². The van der Waals surface area contributed by atoms with Crippen LogP contribution in [0.2, 0.25) is 0 Å². The SMILES string of the molecule is C=C(CC(C(=O)OCC)N(Cc1ccc(OC)cc1OCCCC(=O)O)C(=O)OCC1c2ccccc2-c2ccccc21)N(C)C(c1ccccc1)(c1ccccc1)c1ccccc1. The van der Waals surface area contributed by atoms with Gasteiger partial charge in [-0.15, -0.1) is 0 Å². The van der Waals surface area contributed by atoms with Crippen LogP contribution in [0.15, 0.2) is 170 Å². The zero-order chi connectivity index (χ0) is 45.1. The molecule has 0 spiro atoms. The minimum Gasteiger partial charge on any atom is -0.497 e. The lowest BCUT2D eigenvalue weighted by Crippen LogP contribution is -2.49. The Morgan fingerprint density at radius 1 is 0.734 bits per heavy atom. The summed E-state index contributed by atoms with van der Waals surface area (Å²) < 4.78 is 23.8. The molecule has 0 aromatic heterocycles. The van der Waals surface area contributed by atoms with Crippen molar-refractivity contribution in [2.45, 2.75) is 50.2 Å². The molecule has 1 N–H and O–H groups in total. The van der Waals surface area contributed by atoms with E-state index in [4.69, 9.17) is 18.9 Å². The second-order valence-electron chi connectivity index (χ2n) is 15.7. The molecule has 0 radical (unpaired) electrons. The van der Waals surface area contributed by atoms with E-state index >= 15 is 0 Å². The number of nitrogens with zero attached hydrogens (tertiary/aromatic N) is 2. The number of aliphatic carboxylic acids is 1. The fraction of sp³-hybridized carbons (Fsp3) is 0.241. The maximum atomic E-state index is 15.0. The van der Waals surface area contributed by atoms with Gasteiger partial charge < -0.3 is 29.0 Å². The van der Waals surface area contributed by atoms with E-state index < -0.39 is 29.6 Å². The van der Waals surface area contributed by atoms with Crippen LogP contribution in [0.25, 0.3) is 11.1 Å². The van der Waals surface area contributed by atoms with Crippen molar-refractivity contribution in [1.29, 1.82) is 0 Å². The molecule has 0 heterocycles. The van der Waals surface area contributed by atoms with Crippen molar-refractivity contribution >= 4 is 18.0 Å². The number of ether oxygens (including phenoxy) is 4. The number of hydrogen-bond donors (Lipinski definition) is 1. The Labute approximate surface area is 375 Å². The number of carboxylic acids is 1. The van der Waals surface area contributed by atoms with Crippen LogP contribution in [0.5, 0.6) is 11.5 Å². The highest BCUT2D eigenvalue weighted by Gasteiger charge is 2.43. The molecule has 6 aromatic rings. The highest BCUT2D eigenvalue weighted by molar-refractivity contribution is 5.82. The fourth-order valence-electron chi connectivity index (χ4n) is 8.77. The van der Waals surface area contributed by atoms with Crippen molar-refractivity contribution in [2.24, 2.45) is 0 Å². The van der Waals surface area contributed by atoms with Crippen LogP contribution in [-0.4, -0.2) is 73.0 Å². The van der Waals surface area contributed by atoms with Crippen molar-refractivity contribution in [1.82, 2.24) is 9.80 Å². The molecule has 328 valence electrons. The summed E-state index contributed by atoms with van der Waals surface area (Å²) in [4.78, 5) is 44.3. The Bertz CT molecular complexity index is 2400. The standard InChI is InChI=1S/C54H54N2O8/c1-5-62-52(59)49(34-38(2)55(3)54(40-20-9-6-10-21-40,41-22-11-7-12-23-41)42-24-13-8-14-25-42)56(36-39-31-32-43(61-4)35-50(39)63-33-19-30-51(57)58)53(60)64-37-48-46-28-17-15-26-44(46)45-27-16-18-29-47(45)48/h6-18,20-29,31-32,35,48-49H,2,5,19,30,33-34,36-37H2,1,3-4H3,(H,57,58). The van der Waals surface area contributed by atoms with E-state index in [0.717, 1.165) is 38.9 Å². The van der Waals surface area contributed by atoms with Gasteiger partial charge in [0.2, 0.25) is 0 Å². The lowest BCUT2D eigenvalue weighted by molar-refractivity contribution is -0.149. The zero-order valence-corrected chi connectivity index (χ0v) is 36.5. The number of benzene rings is 6. The minimum atomic E-state index is -1.22. The Balaban J connectivity index is 1.29. The van der Waals surface area contributed by atoms with Crippen molar-refractivity contribution < 1.29 is 38.4 Å². The second kappa shape index (κ2) is 20.7. The van der Waals surface area contributed by atoms with Gasteiger partial charge in [0.1, 0.15) is 29.7 Å². The molecule has 6 aromatic carbocycles. The van der Waals surface area contributed by atoms with E-state index in [1.54, 1.807) is 25.1 Å². The van der Waals surface area contributed by atoms with E-state index in [1.165, 1.54) is 12.0 Å². The largest absolute Gasteiger partial charge is 0.497 e. The third kappa shape index (κ3) is 9.51. The highest BCUT2D eigenvalue weighted by Crippen LogP contribution is 2.46. The van der Waals surface area contributed by atoms with Crippen LogP contribution >= 0.6 is 0 Å². The number of carbonyl (C=O) groups excluding carboxylic acids is 2. The average Bonchev–Trinajstić information content (AvgIpc) is 3.65. The number of carboxylic acid groups (broad SMARTS) is 1. The quantitative estimate of drug-likeness (QED) is 0.0455. The summed E-state index contributed by atoms with van der Waals surface area (Å²) in [5, 5.41) is 9.29. The van der Waals surface area contributed by atoms with Gasteiger partial charge in [-0.1, -0.05) is 146 Å². The van der Waals surface area contributed by atoms with Crippen LogP contribution in [0.3, 0.4) is 0 Å². The van der Waals surface area contributed by atoms with Gasteiger partial charge in [0.05, 0.1) is 26.9 Å². The van der Waals surface area contributed by atoms with E-state index in [1.807, 2.05) is 85.9 Å². The summed E-state index contributed by atoms with van der Waals surface area (Å²) in [6, 6.07) is 50.6. The molecule has 1 aliphatic carbocycles. The molecule has 64 heavy (non-hydrogen) atoms. The predicted molar refractivity (Wildman–Crippen MR) is 247 cm³/mol. The fourth-order valence-corrected chi connectivity index (χ4v) is 8.77. The van der Waals surface area contributed by atoms with Gasteiger partial charge in [0, 0.05) is 43.1 Å². The van der Waals surface area contributed by atoms with Crippen LogP contribution in [-0.2, 0) is 31.1 Å². The number of methoxy groups -OCH3 is 1. The van der Waals surface area contributed by atoms with Gasteiger partial charge in [0.15, 0.2) is 0 Å². The Hall–Kier alpha value is -7.33. The van der Waals surface area contributed by atoms with Gasteiger partial charge in [-0.2, -0.15) is 0 Å². The number of rotatable bonds is 20. The summed E-state index contributed by atoms with van der Waals surface area (Å²) in [5.41, 5.74) is 7.36. The van der Waals surface area contributed by atoms with Gasteiger partial charge in [-0.25, -0.2) is 9.59 Å². The Morgan fingerprint density at radius 3 is 1.78 bits per heavy atom. The zero-order valence-electron chi connectivity index (χ0n) is 36.5. The molecule has 0 saturated heterocycles. The molecule has 10 nitrogen and oxygen atoms in total. The first-order chi connectivity index (χ1) is 31.2. The number of esters is 1. The number of fused-ring (bicyclic) bond motifs is 3. The summed E-state index contributed by atoms with van der Waals surface area (Å²) in [5.74, 6) is -0.934. The van der Waals surface area contributed by atoms with Gasteiger partial charge in [-0.3, -0.25) is 9.69 Å². The topological polar surface area (TPSA) is 115 Å². The smallest absolute Gasteiger partial charge is 0.410 e. The first-order valence-electron chi connectivity index (χ1n) is 21.5. The van der Waals surface area contributed by atoms with Gasteiger partial charge in [0.25, 0.3) is 0 Å². The van der Waals surface area contributed by atoms with E-state index in [-0.39, 0.29) is 51.5 Å². The lowest BCUT2D eigenvalue weighted by Gasteiger charge is -2.46. The molecule has 1 atom stereocenters. The maximum absolute atomic E-state index is 15.0. The molecular weight excluding hydrogens is 805 g/mol. The second-order valence-corrected chi connectivity index (χ2v) is 15.7. The highest BCUT2D eigenvalue weighted by atomic mass is 16.6. The van der Waals surface area contributed by atoms with E-state index in [0.29, 0.717) is 22.8 Å². The summed E-state index contributed by atoms with van der Waals surface area (Å²) in [6.07, 6.45) is -0.587. The molecule has 1 amide bonds. The van der Waals surface area contributed by atoms with Gasteiger partial charge in [-0.05, 0) is 64.4 Å². The molecule has 10 heteroatoms. The first kappa shape index (κ1) is 44.7. The maximum Gasteiger partial charge on any atom is 0.410 e. The molecule has 1 aliphatic rings. The minimum absolute atomic E-state index is 0.0139. The van der Waals surface area contributed by atoms with Crippen molar-refractivity contribution in [2.75, 3.05) is 34.0 Å². The molecule has 0 fully saturated rings. The normalized spacial score (nSPS) is 12.3. The predicted octanol–water partition coefficient (Wildman–Crippen LogP) is 10.4. The van der Waals surface area contributed by atoms with Gasteiger partial charge >= 0.3 is 18.0 Å². The molecule has 7 rings (SSSR count). The van der Waals surface area contributed by atoms with Crippen molar-refractivity contribution in [3.05, 3.63) is 203 Å². The molecular formula is C54H54N2O8. The lowest BCUT2D eigenvalue weighted by atomic mass is 9.75. The molecule has 0 aliphatic heterocycles. The van der Waals surface area contributed by atoms with Crippen LogP contribution in [0.4, 0.5) is 4.79 Å². The number of amides is 1. The van der Waals surface area contributed by atoms with Crippen LogP contribution in [0, 0.1) is 0 Å². The van der Waals surface area contributed by atoms with E-state index in [9.17, 15) is 19.5 Å². The average molecular weight is 859 g/mol. The summed E-state index contributed by atoms with van der Waals surface area (Å²) in [6.45, 7) is 6.42. The first-order valence-corrected chi connectivity index (χ1v) is 21.5. The van der Waals surface area contributed by atoms with E-state index in [2.05, 4.69) is 72.1 Å². The summed E-state index contributed by atoms with van der Waals surface area (Å²) in [7, 11) is 3.49. The third-order valence-electron chi connectivity index (χ3n) is 11.9.